The minimum Gasteiger partial charge on any atom is -0.431 e. The first-order chi connectivity index (χ1) is 14.4. The zero-order chi connectivity index (χ0) is 21.1. The lowest BCUT2D eigenvalue weighted by Gasteiger charge is -2.25. The van der Waals surface area contributed by atoms with Crippen molar-refractivity contribution < 1.29 is 17.6 Å². The number of hydrogen-bond donors (Lipinski definition) is 1. The van der Waals surface area contributed by atoms with Gasteiger partial charge >= 0.3 is 0 Å². The number of hydrogen-bond acceptors (Lipinski definition) is 6. The van der Waals surface area contributed by atoms with Gasteiger partial charge in [-0.2, -0.15) is 4.31 Å². The van der Waals surface area contributed by atoms with E-state index < -0.39 is 15.3 Å². The van der Waals surface area contributed by atoms with Gasteiger partial charge in [-0.1, -0.05) is 36.4 Å². The molecule has 3 aromatic rings. The van der Waals surface area contributed by atoms with Crippen molar-refractivity contribution in [1.82, 2.24) is 9.29 Å². The van der Waals surface area contributed by atoms with Crippen LogP contribution in [0.25, 0.3) is 11.1 Å². The van der Waals surface area contributed by atoms with Crippen LogP contribution in [0.2, 0.25) is 0 Å². The van der Waals surface area contributed by atoms with Gasteiger partial charge in [-0.05, 0) is 50.1 Å². The van der Waals surface area contributed by atoms with Crippen LogP contribution in [0.1, 0.15) is 26.2 Å². The Morgan fingerprint density at radius 2 is 1.87 bits per heavy atom. The molecule has 30 heavy (non-hydrogen) atoms. The van der Waals surface area contributed by atoms with Crippen LogP contribution in [-0.2, 0) is 14.8 Å². The molecule has 1 atom stereocenters. The molecule has 0 saturated carbocycles. The summed E-state index contributed by atoms with van der Waals surface area (Å²) in [7, 11) is -3.53. The van der Waals surface area contributed by atoms with Crippen LogP contribution in [0.5, 0.6) is 0 Å². The first kappa shape index (κ1) is 20.9. The van der Waals surface area contributed by atoms with Crippen LogP contribution in [0.3, 0.4) is 0 Å². The van der Waals surface area contributed by atoms with Gasteiger partial charge in [-0.15, -0.1) is 0 Å². The molecule has 0 radical (unpaired) electrons. The maximum Gasteiger partial charge on any atom is 0.257 e. The molecule has 9 heteroatoms. The van der Waals surface area contributed by atoms with E-state index in [-0.39, 0.29) is 10.8 Å². The summed E-state index contributed by atoms with van der Waals surface area (Å²) in [5, 5.41) is 2.74. The lowest BCUT2D eigenvalue weighted by atomic mass is 10.2. The number of benzene rings is 2. The highest BCUT2D eigenvalue weighted by Gasteiger charge is 2.27. The number of carbonyl (C=O) groups excluding carboxylic acids is 1. The van der Waals surface area contributed by atoms with Gasteiger partial charge in [0.2, 0.25) is 15.9 Å². The summed E-state index contributed by atoms with van der Waals surface area (Å²) in [6, 6.07) is 13.9. The molecule has 2 heterocycles. The summed E-state index contributed by atoms with van der Waals surface area (Å²) < 4.78 is 33.0. The Hall–Kier alpha value is -2.36. The first-order valence-electron chi connectivity index (χ1n) is 9.87. The lowest BCUT2D eigenvalue weighted by Crippen LogP contribution is -2.35. The van der Waals surface area contributed by atoms with Gasteiger partial charge < -0.3 is 9.73 Å². The fourth-order valence-electron chi connectivity index (χ4n) is 3.32. The van der Waals surface area contributed by atoms with Crippen molar-refractivity contribution in [2.75, 3.05) is 18.4 Å². The average Bonchev–Trinajstić information content (AvgIpc) is 3.16. The molecule has 1 N–H and O–H groups in total. The number of sulfonamides is 1. The molecule has 1 saturated heterocycles. The molecule has 1 amide bonds. The molecule has 1 aliphatic heterocycles. The van der Waals surface area contributed by atoms with Crippen LogP contribution >= 0.6 is 11.8 Å². The number of aromatic nitrogens is 1. The summed E-state index contributed by atoms with van der Waals surface area (Å²) in [5.41, 5.74) is 1.68. The van der Waals surface area contributed by atoms with E-state index in [4.69, 9.17) is 4.42 Å². The molecule has 0 spiro atoms. The average molecular weight is 446 g/mol. The number of carbonyl (C=O) groups is 1. The standard InChI is InChI=1S/C21H23N3O4S2/c1-15(20(25)22-16-8-4-2-5-9-16)29-21-23-18-14-17(10-11-19(18)28-21)30(26,27)24-12-6-3-7-13-24/h2,4-5,8-11,14-15H,3,6-7,12-13H2,1H3,(H,22,25). The summed E-state index contributed by atoms with van der Waals surface area (Å²) in [5.74, 6) is -0.165. The fraction of sp³-hybridized carbons (Fsp3) is 0.333. The maximum atomic E-state index is 12.9. The Balaban J connectivity index is 1.49. The maximum absolute atomic E-state index is 12.9. The summed E-state index contributed by atoms with van der Waals surface area (Å²) >= 11 is 1.19. The number of nitrogens with one attached hydrogen (secondary N) is 1. The molecule has 1 fully saturated rings. The number of rotatable bonds is 6. The molecule has 7 nitrogen and oxygen atoms in total. The Morgan fingerprint density at radius 1 is 1.13 bits per heavy atom. The second-order valence-corrected chi connectivity index (χ2v) is 10.4. The SMILES string of the molecule is CC(Sc1nc2cc(S(=O)(=O)N3CCCCC3)ccc2o1)C(=O)Nc1ccccc1. The first-order valence-corrected chi connectivity index (χ1v) is 12.2. The molecule has 1 aromatic heterocycles. The van der Waals surface area contributed by atoms with Gasteiger partial charge in [0, 0.05) is 18.8 Å². The molecule has 1 aliphatic rings. The number of anilines is 1. The van der Waals surface area contributed by atoms with E-state index in [9.17, 15) is 13.2 Å². The molecular weight excluding hydrogens is 422 g/mol. The second kappa shape index (κ2) is 8.79. The number of thioether (sulfide) groups is 1. The minimum absolute atomic E-state index is 0.165. The van der Waals surface area contributed by atoms with Crippen LogP contribution in [-0.4, -0.2) is 42.0 Å². The molecule has 0 bridgehead atoms. The van der Waals surface area contributed by atoms with Crippen LogP contribution in [0.15, 0.2) is 63.1 Å². The fourth-order valence-corrected chi connectivity index (χ4v) is 5.62. The van der Waals surface area contributed by atoms with Gasteiger partial charge in [-0.3, -0.25) is 4.79 Å². The third kappa shape index (κ3) is 4.53. The molecule has 2 aromatic carbocycles. The summed E-state index contributed by atoms with van der Waals surface area (Å²) in [6.45, 7) is 2.87. The van der Waals surface area contributed by atoms with Crippen molar-refractivity contribution in [3.8, 4) is 0 Å². The summed E-state index contributed by atoms with van der Waals surface area (Å²) in [6.07, 6.45) is 2.83. The number of para-hydroxylation sites is 1. The number of fused-ring (bicyclic) bond motifs is 1. The third-order valence-corrected chi connectivity index (χ3v) is 7.82. The van der Waals surface area contributed by atoms with E-state index in [0.717, 1.165) is 24.9 Å². The molecule has 158 valence electrons. The molecule has 1 unspecified atom stereocenters. The Labute approximate surface area is 179 Å². The predicted molar refractivity (Wildman–Crippen MR) is 117 cm³/mol. The largest absolute Gasteiger partial charge is 0.431 e. The second-order valence-electron chi connectivity index (χ2n) is 7.19. The molecular formula is C21H23N3O4S2. The Kier molecular flexibility index (Phi) is 6.12. The number of amides is 1. The van der Waals surface area contributed by atoms with E-state index in [1.807, 2.05) is 30.3 Å². The molecule has 0 aliphatic carbocycles. The van der Waals surface area contributed by atoms with Crippen LogP contribution < -0.4 is 5.32 Å². The minimum atomic E-state index is -3.53. The van der Waals surface area contributed by atoms with Crippen molar-refractivity contribution >= 4 is 44.5 Å². The van der Waals surface area contributed by atoms with Crippen molar-refractivity contribution in [2.24, 2.45) is 0 Å². The van der Waals surface area contributed by atoms with Gasteiger partial charge in [0.15, 0.2) is 5.58 Å². The number of nitrogens with zero attached hydrogens (tertiary/aromatic N) is 2. The van der Waals surface area contributed by atoms with Crippen molar-refractivity contribution in [3.05, 3.63) is 48.5 Å². The summed E-state index contributed by atoms with van der Waals surface area (Å²) in [4.78, 5) is 17.0. The van der Waals surface area contributed by atoms with E-state index >= 15 is 0 Å². The Morgan fingerprint density at radius 3 is 2.60 bits per heavy atom. The van der Waals surface area contributed by atoms with E-state index in [1.54, 1.807) is 25.1 Å². The monoisotopic (exact) mass is 445 g/mol. The number of piperidine rings is 1. The third-order valence-electron chi connectivity index (χ3n) is 4.98. The van der Waals surface area contributed by atoms with Gasteiger partial charge in [0.25, 0.3) is 5.22 Å². The lowest BCUT2D eigenvalue weighted by molar-refractivity contribution is -0.115. The van der Waals surface area contributed by atoms with Gasteiger partial charge in [-0.25, -0.2) is 13.4 Å². The van der Waals surface area contributed by atoms with Crippen molar-refractivity contribution in [3.63, 3.8) is 0 Å². The van der Waals surface area contributed by atoms with Crippen molar-refractivity contribution in [1.29, 1.82) is 0 Å². The number of oxazole rings is 1. The zero-order valence-electron chi connectivity index (χ0n) is 16.6. The van der Waals surface area contributed by atoms with Crippen LogP contribution in [0.4, 0.5) is 5.69 Å². The van der Waals surface area contributed by atoms with Gasteiger partial charge in [0.1, 0.15) is 5.52 Å². The van der Waals surface area contributed by atoms with E-state index in [0.29, 0.717) is 29.4 Å². The highest BCUT2D eigenvalue weighted by atomic mass is 32.2. The predicted octanol–water partition coefficient (Wildman–Crippen LogP) is 4.12. The quantitative estimate of drug-likeness (QED) is 0.574. The molecule has 4 rings (SSSR count). The van der Waals surface area contributed by atoms with Crippen molar-refractivity contribution in [2.45, 2.75) is 41.6 Å². The normalized spacial score (nSPS) is 16.4. The zero-order valence-corrected chi connectivity index (χ0v) is 18.2. The highest BCUT2D eigenvalue weighted by molar-refractivity contribution is 8.00. The van der Waals surface area contributed by atoms with E-state index in [2.05, 4.69) is 10.3 Å². The highest BCUT2D eigenvalue weighted by Crippen LogP contribution is 2.30. The topological polar surface area (TPSA) is 92.5 Å². The van der Waals surface area contributed by atoms with E-state index in [1.165, 1.54) is 16.1 Å². The van der Waals surface area contributed by atoms with Gasteiger partial charge in [0.05, 0.1) is 10.1 Å². The smallest absolute Gasteiger partial charge is 0.257 e. The Bertz CT molecular complexity index is 1140. The van der Waals surface area contributed by atoms with Crippen LogP contribution in [0, 0.1) is 0 Å².